The monoisotopic (exact) mass is 450 g/mol. The minimum absolute atomic E-state index is 0.0210. The van der Waals surface area contributed by atoms with Crippen LogP contribution in [0.15, 0.2) is 23.8 Å². The number of ketones is 1. The van der Waals surface area contributed by atoms with Gasteiger partial charge >= 0.3 is 0 Å². The van der Waals surface area contributed by atoms with Gasteiger partial charge < -0.3 is 4.74 Å². The number of hydrogen-bond acceptors (Lipinski definition) is 4. The van der Waals surface area contributed by atoms with Crippen LogP contribution in [0.4, 0.5) is 0 Å². The van der Waals surface area contributed by atoms with Crippen molar-refractivity contribution >= 4 is 15.6 Å². The molecule has 176 valence electrons. The summed E-state index contributed by atoms with van der Waals surface area (Å²) in [5.74, 6) is 1.08. The highest BCUT2D eigenvalue weighted by molar-refractivity contribution is 7.90. The Morgan fingerprint density at radius 2 is 1.42 bits per heavy atom. The molecule has 4 nitrogen and oxygen atoms in total. The van der Waals surface area contributed by atoms with Gasteiger partial charge in [-0.15, -0.1) is 0 Å². The lowest BCUT2D eigenvalue weighted by atomic mass is 9.82. The maximum Gasteiger partial charge on any atom is 0.151 e. The number of hydrogen-bond donors (Lipinski definition) is 0. The molecule has 0 N–H and O–H groups in total. The number of carbonyl (C=O) groups is 1. The van der Waals surface area contributed by atoms with Crippen LogP contribution in [0.5, 0.6) is 0 Å². The molecule has 2 atom stereocenters. The molecule has 0 fully saturated rings. The molecule has 0 aromatic heterocycles. The summed E-state index contributed by atoms with van der Waals surface area (Å²) >= 11 is 0. The van der Waals surface area contributed by atoms with Crippen LogP contribution in [0.1, 0.15) is 115 Å². The standard InChI is InChI=1S/C26H42O4S/c1-16(2)22-14-23(17(3)4)26(24(15-22)18(5)6)21(9)30-25(13-20(8)27)19(7)11-12-31(10,28)29/h11,14-18,21,25H,12-13H2,1-10H3/b19-11-/t21-,25-/m1/s1. The van der Waals surface area contributed by atoms with E-state index >= 15 is 0 Å². The third-order valence-electron chi connectivity index (χ3n) is 5.64. The van der Waals surface area contributed by atoms with E-state index in [0.29, 0.717) is 17.8 Å². The first-order valence-electron chi connectivity index (χ1n) is 11.3. The van der Waals surface area contributed by atoms with Gasteiger partial charge in [0.2, 0.25) is 0 Å². The Labute approximate surface area is 190 Å². The van der Waals surface area contributed by atoms with Gasteiger partial charge in [0.25, 0.3) is 0 Å². The molecule has 0 aliphatic heterocycles. The van der Waals surface area contributed by atoms with E-state index in [1.54, 1.807) is 13.0 Å². The first-order valence-corrected chi connectivity index (χ1v) is 13.4. The zero-order chi connectivity index (χ0) is 24.1. The fraction of sp³-hybridized carbons (Fsp3) is 0.654. The predicted molar refractivity (Wildman–Crippen MR) is 131 cm³/mol. The second kappa shape index (κ2) is 11.4. The second-order valence-corrected chi connectivity index (χ2v) is 12.0. The Morgan fingerprint density at radius 1 is 0.935 bits per heavy atom. The van der Waals surface area contributed by atoms with Crippen LogP contribution in [0.25, 0.3) is 0 Å². The fourth-order valence-corrected chi connectivity index (χ4v) is 4.35. The number of sulfone groups is 1. The number of rotatable bonds is 11. The summed E-state index contributed by atoms with van der Waals surface area (Å²) in [7, 11) is -3.13. The summed E-state index contributed by atoms with van der Waals surface area (Å²) < 4.78 is 29.7. The Morgan fingerprint density at radius 3 is 1.77 bits per heavy atom. The van der Waals surface area contributed by atoms with E-state index < -0.39 is 15.9 Å². The molecule has 5 heteroatoms. The van der Waals surface area contributed by atoms with Gasteiger partial charge in [-0.1, -0.05) is 59.8 Å². The van der Waals surface area contributed by atoms with Gasteiger partial charge in [0, 0.05) is 12.7 Å². The van der Waals surface area contributed by atoms with E-state index in [0.717, 1.165) is 5.57 Å². The predicted octanol–water partition coefficient (Wildman–Crippen LogP) is 6.47. The minimum atomic E-state index is -3.13. The van der Waals surface area contributed by atoms with E-state index in [4.69, 9.17) is 4.74 Å². The summed E-state index contributed by atoms with van der Waals surface area (Å²) in [6, 6.07) is 4.59. The minimum Gasteiger partial charge on any atom is -0.366 e. The van der Waals surface area contributed by atoms with Crippen molar-refractivity contribution in [2.75, 3.05) is 12.0 Å². The number of Topliss-reactive ketones (excluding diaryl/α,β-unsaturated/α-hetero) is 1. The van der Waals surface area contributed by atoms with Gasteiger partial charge in [-0.25, -0.2) is 8.42 Å². The van der Waals surface area contributed by atoms with Crippen molar-refractivity contribution in [1.82, 2.24) is 0 Å². The van der Waals surface area contributed by atoms with E-state index in [1.165, 1.54) is 28.5 Å². The Hall–Kier alpha value is -1.46. The van der Waals surface area contributed by atoms with E-state index in [9.17, 15) is 13.2 Å². The largest absolute Gasteiger partial charge is 0.366 e. The molecule has 0 aliphatic rings. The zero-order valence-electron chi connectivity index (χ0n) is 21.1. The third-order valence-corrected chi connectivity index (χ3v) is 6.41. The van der Waals surface area contributed by atoms with Crippen molar-refractivity contribution in [1.29, 1.82) is 0 Å². The molecule has 0 aliphatic carbocycles. The Bertz CT molecular complexity index is 863. The molecule has 0 unspecified atom stereocenters. The van der Waals surface area contributed by atoms with Crippen LogP contribution in [-0.4, -0.2) is 32.3 Å². The van der Waals surface area contributed by atoms with Crippen molar-refractivity contribution in [2.45, 2.75) is 98.7 Å². The normalized spacial score (nSPS) is 15.1. The molecular weight excluding hydrogens is 408 g/mol. The molecule has 0 saturated heterocycles. The van der Waals surface area contributed by atoms with Crippen molar-refractivity contribution in [3.63, 3.8) is 0 Å². The summed E-state index contributed by atoms with van der Waals surface area (Å²) in [5.41, 5.74) is 5.86. The molecule has 0 heterocycles. The molecule has 0 bridgehead atoms. The lowest BCUT2D eigenvalue weighted by Crippen LogP contribution is -2.22. The maximum absolute atomic E-state index is 11.9. The Balaban J connectivity index is 3.46. The summed E-state index contributed by atoms with van der Waals surface area (Å²) in [6.45, 7) is 18.6. The average Bonchev–Trinajstić information content (AvgIpc) is 2.63. The van der Waals surface area contributed by atoms with Crippen LogP contribution >= 0.6 is 0 Å². The van der Waals surface area contributed by atoms with Crippen molar-refractivity contribution in [3.05, 3.63) is 46.0 Å². The summed E-state index contributed by atoms with van der Waals surface area (Å²) in [4.78, 5) is 11.9. The van der Waals surface area contributed by atoms with E-state index in [1.807, 2.05) is 13.8 Å². The summed E-state index contributed by atoms with van der Waals surface area (Å²) in [6.07, 6.45) is 2.44. The molecule has 0 spiro atoms. The van der Waals surface area contributed by atoms with Crippen LogP contribution in [0.2, 0.25) is 0 Å². The molecule has 1 aromatic carbocycles. The highest BCUT2D eigenvalue weighted by Crippen LogP contribution is 2.38. The van der Waals surface area contributed by atoms with Crippen LogP contribution < -0.4 is 0 Å². The first-order chi connectivity index (χ1) is 14.1. The van der Waals surface area contributed by atoms with E-state index in [2.05, 4.69) is 53.7 Å². The number of benzene rings is 1. The topological polar surface area (TPSA) is 60.4 Å². The van der Waals surface area contributed by atoms with Crippen LogP contribution in [-0.2, 0) is 19.4 Å². The zero-order valence-corrected chi connectivity index (χ0v) is 21.9. The van der Waals surface area contributed by atoms with Crippen LogP contribution in [0.3, 0.4) is 0 Å². The summed E-state index contributed by atoms with van der Waals surface area (Å²) in [5, 5.41) is 0. The van der Waals surface area contributed by atoms with Gasteiger partial charge in [0.1, 0.15) is 5.78 Å². The second-order valence-electron chi connectivity index (χ2n) is 9.79. The quantitative estimate of drug-likeness (QED) is 0.362. The maximum atomic E-state index is 11.9. The molecule has 1 aromatic rings. The highest BCUT2D eigenvalue weighted by Gasteiger charge is 2.25. The van der Waals surface area contributed by atoms with Gasteiger partial charge in [0.15, 0.2) is 9.84 Å². The first kappa shape index (κ1) is 27.6. The molecule has 0 radical (unpaired) electrons. The van der Waals surface area contributed by atoms with Gasteiger partial charge in [0.05, 0.1) is 18.0 Å². The van der Waals surface area contributed by atoms with E-state index in [-0.39, 0.29) is 24.1 Å². The van der Waals surface area contributed by atoms with Gasteiger partial charge in [-0.2, -0.15) is 0 Å². The SMILES string of the molecule is CC(=O)C[C@@H](O[C@H](C)c1c(C(C)C)cc(C(C)C)cc1C(C)C)/C(C)=C\CS(C)(=O)=O. The smallest absolute Gasteiger partial charge is 0.151 e. The highest BCUT2D eigenvalue weighted by atomic mass is 32.2. The Kier molecular flexibility index (Phi) is 10.2. The average molecular weight is 451 g/mol. The molecule has 1 rings (SSSR count). The lowest BCUT2D eigenvalue weighted by molar-refractivity contribution is -0.120. The number of ether oxygens (including phenoxy) is 1. The van der Waals surface area contributed by atoms with Crippen molar-refractivity contribution in [2.24, 2.45) is 0 Å². The molecule has 31 heavy (non-hydrogen) atoms. The van der Waals surface area contributed by atoms with Gasteiger partial charge in [-0.3, -0.25) is 4.79 Å². The van der Waals surface area contributed by atoms with Crippen molar-refractivity contribution < 1.29 is 17.9 Å². The molecule has 0 amide bonds. The molecular formula is C26H42O4S. The molecule has 0 saturated carbocycles. The lowest BCUT2D eigenvalue weighted by Gasteiger charge is -2.29. The fourth-order valence-electron chi connectivity index (χ4n) is 3.79. The van der Waals surface area contributed by atoms with Crippen molar-refractivity contribution in [3.8, 4) is 0 Å². The van der Waals surface area contributed by atoms with Gasteiger partial charge in [-0.05, 0) is 66.4 Å². The third kappa shape index (κ3) is 8.53. The van der Waals surface area contributed by atoms with Crippen LogP contribution in [0, 0.1) is 0 Å². The number of carbonyl (C=O) groups excluding carboxylic acids is 1.